The molecule has 0 saturated heterocycles. The van der Waals surface area contributed by atoms with Gasteiger partial charge in [0.1, 0.15) is 0 Å². The van der Waals surface area contributed by atoms with Crippen molar-refractivity contribution in [3.05, 3.63) is 12.7 Å². The number of carbonyl (C=O) groups is 2. The van der Waals surface area contributed by atoms with E-state index in [0.717, 1.165) is 0 Å². The van der Waals surface area contributed by atoms with Crippen molar-refractivity contribution in [1.82, 2.24) is 9.80 Å². The molecule has 0 saturated carbocycles. The summed E-state index contributed by atoms with van der Waals surface area (Å²) in [6.45, 7) is 8.06. The highest BCUT2D eigenvalue weighted by atomic mass is 16.5. The smallest absolute Gasteiger partial charge is 0.320 e. The minimum atomic E-state index is -0.368. The largest absolute Gasteiger partial charge is 0.465 e. The lowest BCUT2D eigenvalue weighted by atomic mass is 10.2. The summed E-state index contributed by atoms with van der Waals surface area (Å²) in [5.74, 6) is -0.371. The number of rotatable bonds is 7. The maximum Gasteiger partial charge on any atom is 0.320 e. The van der Waals surface area contributed by atoms with Gasteiger partial charge in [-0.1, -0.05) is 6.08 Å². The lowest BCUT2D eigenvalue weighted by molar-refractivity contribution is -0.146. The fourth-order valence-electron chi connectivity index (χ4n) is 1.43. The molecule has 0 aromatic rings. The molecule has 0 aliphatic rings. The van der Waals surface area contributed by atoms with Crippen LogP contribution in [0.1, 0.15) is 13.8 Å². The second-order valence-electron chi connectivity index (χ2n) is 3.93. The van der Waals surface area contributed by atoms with Crippen LogP contribution in [0.25, 0.3) is 0 Å². The zero-order valence-corrected chi connectivity index (χ0v) is 11.1. The van der Waals surface area contributed by atoms with E-state index in [1.165, 1.54) is 4.90 Å². The van der Waals surface area contributed by atoms with E-state index in [9.17, 15) is 9.59 Å². The molecule has 1 amide bonds. The molecule has 5 heteroatoms. The third kappa shape index (κ3) is 5.49. The van der Waals surface area contributed by atoms with Crippen molar-refractivity contribution in [3.63, 3.8) is 0 Å². The molecule has 0 spiro atoms. The normalized spacial score (nSPS) is 12.1. The minimum absolute atomic E-state index is 0.0452. The minimum Gasteiger partial charge on any atom is -0.465 e. The Labute approximate surface area is 103 Å². The van der Waals surface area contributed by atoms with Crippen LogP contribution in [-0.2, 0) is 14.3 Å². The molecule has 1 unspecified atom stereocenters. The van der Waals surface area contributed by atoms with Gasteiger partial charge in [0.25, 0.3) is 0 Å². The quantitative estimate of drug-likeness (QED) is 0.482. The molecule has 0 heterocycles. The molecule has 5 nitrogen and oxygen atoms in total. The molecule has 0 aromatic carbocycles. The highest BCUT2D eigenvalue weighted by Crippen LogP contribution is 2.03. The first kappa shape index (κ1) is 15.6. The van der Waals surface area contributed by atoms with Crippen LogP contribution >= 0.6 is 0 Å². The van der Waals surface area contributed by atoms with Crippen LogP contribution in [0.3, 0.4) is 0 Å². The van der Waals surface area contributed by atoms with Gasteiger partial charge in [0.05, 0.1) is 19.2 Å². The Hall–Kier alpha value is -1.36. The first-order chi connectivity index (χ1) is 7.93. The number of nitrogens with zero attached hydrogens (tertiary/aromatic N) is 2. The van der Waals surface area contributed by atoms with E-state index in [1.54, 1.807) is 38.9 Å². The van der Waals surface area contributed by atoms with Crippen LogP contribution in [0.5, 0.6) is 0 Å². The van der Waals surface area contributed by atoms with E-state index < -0.39 is 0 Å². The standard InChI is InChI=1S/C12H22N2O3/c1-6-8-14(9-11(15)17-7-2)10(3)12(16)13(4)5/h6,10H,1,7-9H2,2-5H3. The summed E-state index contributed by atoms with van der Waals surface area (Å²) in [5.41, 5.74) is 0. The number of hydrogen-bond donors (Lipinski definition) is 0. The van der Waals surface area contributed by atoms with Crippen LogP contribution in [0, 0.1) is 0 Å². The van der Waals surface area contributed by atoms with Crippen LogP contribution in [-0.4, -0.2) is 61.5 Å². The Morgan fingerprint density at radius 3 is 2.41 bits per heavy atom. The molecule has 0 N–H and O–H groups in total. The summed E-state index contributed by atoms with van der Waals surface area (Å²) in [5, 5.41) is 0. The van der Waals surface area contributed by atoms with Gasteiger partial charge in [-0.05, 0) is 13.8 Å². The Kier molecular flexibility index (Phi) is 7.21. The molecule has 0 aliphatic heterocycles. The number of esters is 1. The van der Waals surface area contributed by atoms with Crippen LogP contribution in [0.2, 0.25) is 0 Å². The third-order valence-electron chi connectivity index (χ3n) is 2.35. The second kappa shape index (κ2) is 7.84. The Bertz CT molecular complexity index is 277. The van der Waals surface area contributed by atoms with Crippen molar-refractivity contribution in [1.29, 1.82) is 0 Å². The average Bonchev–Trinajstić information content (AvgIpc) is 2.26. The zero-order valence-electron chi connectivity index (χ0n) is 11.1. The number of ether oxygens (including phenoxy) is 1. The number of carbonyl (C=O) groups excluding carboxylic acids is 2. The van der Waals surface area contributed by atoms with Crippen molar-refractivity contribution < 1.29 is 14.3 Å². The van der Waals surface area contributed by atoms with Gasteiger partial charge < -0.3 is 9.64 Å². The molecule has 1 atom stereocenters. The molecule has 17 heavy (non-hydrogen) atoms. The summed E-state index contributed by atoms with van der Waals surface area (Å²) in [4.78, 5) is 26.4. The molecular weight excluding hydrogens is 220 g/mol. The van der Waals surface area contributed by atoms with Gasteiger partial charge in [-0.3, -0.25) is 14.5 Å². The molecule has 0 radical (unpaired) electrons. The molecule has 0 bridgehead atoms. The Morgan fingerprint density at radius 1 is 1.41 bits per heavy atom. The predicted octanol–water partition coefficient (Wildman–Crippen LogP) is 0.514. The Balaban J connectivity index is 4.55. The van der Waals surface area contributed by atoms with Gasteiger partial charge in [0.15, 0.2) is 0 Å². The van der Waals surface area contributed by atoms with Crippen molar-refractivity contribution in [2.75, 3.05) is 33.8 Å². The highest BCUT2D eigenvalue weighted by molar-refractivity contribution is 5.82. The fraction of sp³-hybridized carbons (Fsp3) is 0.667. The van der Waals surface area contributed by atoms with E-state index in [-0.39, 0.29) is 24.5 Å². The van der Waals surface area contributed by atoms with Gasteiger partial charge in [-0.15, -0.1) is 6.58 Å². The number of likely N-dealkylation sites (N-methyl/N-ethyl adjacent to an activating group) is 1. The lowest BCUT2D eigenvalue weighted by Crippen LogP contribution is -2.47. The van der Waals surface area contributed by atoms with Crippen molar-refractivity contribution in [2.24, 2.45) is 0 Å². The zero-order chi connectivity index (χ0) is 13.4. The maximum atomic E-state index is 11.8. The van der Waals surface area contributed by atoms with Crippen molar-refractivity contribution in [2.45, 2.75) is 19.9 Å². The molecule has 0 aromatic heterocycles. The topological polar surface area (TPSA) is 49.9 Å². The van der Waals surface area contributed by atoms with Gasteiger partial charge in [-0.25, -0.2) is 0 Å². The van der Waals surface area contributed by atoms with E-state index in [4.69, 9.17) is 4.74 Å². The molecule has 0 aliphatic carbocycles. The maximum absolute atomic E-state index is 11.8. The van der Waals surface area contributed by atoms with Crippen LogP contribution in [0.15, 0.2) is 12.7 Å². The third-order valence-corrected chi connectivity index (χ3v) is 2.35. The van der Waals surface area contributed by atoms with E-state index >= 15 is 0 Å². The summed E-state index contributed by atoms with van der Waals surface area (Å²) in [6, 6.07) is -0.368. The second-order valence-corrected chi connectivity index (χ2v) is 3.93. The van der Waals surface area contributed by atoms with E-state index in [1.807, 2.05) is 0 Å². The first-order valence-corrected chi connectivity index (χ1v) is 5.65. The monoisotopic (exact) mass is 242 g/mol. The highest BCUT2D eigenvalue weighted by Gasteiger charge is 2.23. The molecule has 0 rings (SSSR count). The van der Waals surface area contributed by atoms with E-state index in [2.05, 4.69) is 6.58 Å². The van der Waals surface area contributed by atoms with Crippen molar-refractivity contribution >= 4 is 11.9 Å². The van der Waals surface area contributed by atoms with Gasteiger partial charge >= 0.3 is 5.97 Å². The summed E-state index contributed by atoms with van der Waals surface area (Å²) >= 11 is 0. The molecule has 98 valence electrons. The number of hydrogen-bond acceptors (Lipinski definition) is 4. The summed E-state index contributed by atoms with van der Waals surface area (Å²) in [6.07, 6.45) is 1.67. The van der Waals surface area contributed by atoms with Crippen LogP contribution in [0.4, 0.5) is 0 Å². The van der Waals surface area contributed by atoms with E-state index in [0.29, 0.717) is 13.2 Å². The predicted molar refractivity (Wildman–Crippen MR) is 66.6 cm³/mol. The first-order valence-electron chi connectivity index (χ1n) is 5.65. The summed E-state index contributed by atoms with van der Waals surface area (Å²) in [7, 11) is 3.38. The van der Waals surface area contributed by atoms with Gasteiger partial charge in [0, 0.05) is 20.6 Å². The Morgan fingerprint density at radius 2 is 2.00 bits per heavy atom. The lowest BCUT2D eigenvalue weighted by Gasteiger charge is -2.28. The van der Waals surface area contributed by atoms with Crippen molar-refractivity contribution in [3.8, 4) is 0 Å². The average molecular weight is 242 g/mol. The molecular formula is C12H22N2O3. The number of amides is 1. The fourth-order valence-corrected chi connectivity index (χ4v) is 1.43. The SMILES string of the molecule is C=CCN(CC(=O)OCC)C(C)C(=O)N(C)C. The van der Waals surface area contributed by atoms with Gasteiger partial charge in [-0.2, -0.15) is 0 Å². The van der Waals surface area contributed by atoms with Gasteiger partial charge in [0.2, 0.25) is 5.91 Å². The molecule has 0 fully saturated rings. The summed E-state index contributed by atoms with van der Waals surface area (Å²) < 4.78 is 4.87. The van der Waals surface area contributed by atoms with Crippen LogP contribution < -0.4 is 0 Å².